The molecule has 0 saturated carbocycles. The van der Waals surface area contributed by atoms with E-state index in [4.69, 9.17) is 18.5 Å². The molecule has 0 aliphatic carbocycles. The van der Waals surface area contributed by atoms with Gasteiger partial charge in [0, 0.05) is 24.3 Å². The van der Waals surface area contributed by atoms with E-state index in [1.807, 2.05) is 0 Å². The van der Waals surface area contributed by atoms with Crippen LogP contribution in [0.25, 0.3) is 0 Å². The molecular weight excluding hydrogens is 569 g/mol. The number of hydrogen-bond donors (Lipinski definition) is 1. The Morgan fingerprint density at radius 1 is 1.10 bits per heavy atom. The fourth-order valence-corrected chi connectivity index (χ4v) is 13.3. The molecule has 4 aliphatic rings. The first kappa shape index (κ1) is 28.3. The molecule has 1 N–H and O–H groups in total. The van der Waals surface area contributed by atoms with Gasteiger partial charge in [-0.25, -0.2) is 9.46 Å². The highest BCUT2D eigenvalue weighted by Gasteiger charge is 2.64. The number of aromatic amines is 1. The highest BCUT2D eigenvalue weighted by atomic mass is 31.2. The number of nitrogens with one attached hydrogen (secondary N) is 1. The van der Waals surface area contributed by atoms with Crippen LogP contribution in [0.4, 0.5) is 0 Å². The van der Waals surface area contributed by atoms with Gasteiger partial charge in [-0.05, 0) is 32.2 Å². The summed E-state index contributed by atoms with van der Waals surface area (Å²) in [6, 6.07) is 23.1. The fraction of sp³-hybridized carbons (Fsp3) is 0.484. The molecule has 9 nitrogen and oxygen atoms in total. The van der Waals surface area contributed by atoms with Gasteiger partial charge in [0.05, 0.1) is 12.7 Å². The summed E-state index contributed by atoms with van der Waals surface area (Å²) < 4.78 is 30.5. The maximum absolute atomic E-state index is 12.8. The quantitative estimate of drug-likeness (QED) is 0.310. The zero-order valence-corrected chi connectivity index (χ0v) is 26.2. The van der Waals surface area contributed by atoms with Crippen LogP contribution in [-0.4, -0.2) is 65.4 Å². The van der Waals surface area contributed by atoms with Gasteiger partial charge in [0.1, 0.15) is 25.9 Å². The molecule has 7 rings (SSSR count). The number of aryl methyl sites for hydroxylation is 1. The van der Waals surface area contributed by atoms with Gasteiger partial charge in [0.2, 0.25) is 0 Å². The number of H-pyrrole nitrogens is 1. The van der Waals surface area contributed by atoms with Crippen molar-refractivity contribution in [3.8, 4) is 0 Å². The Kier molecular flexibility index (Phi) is 7.38. The summed E-state index contributed by atoms with van der Waals surface area (Å²) in [5.74, 6) is 0. The van der Waals surface area contributed by atoms with Crippen molar-refractivity contribution in [2.24, 2.45) is 0 Å². The molecule has 42 heavy (non-hydrogen) atoms. The second-order valence-electron chi connectivity index (χ2n) is 12.2. The third-order valence-corrected chi connectivity index (χ3v) is 16.0. The van der Waals surface area contributed by atoms with Gasteiger partial charge in [-0.3, -0.25) is 14.3 Å². The van der Waals surface area contributed by atoms with Crippen molar-refractivity contribution in [1.29, 1.82) is 0 Å². The molecule has 0 amide bonds. The fourth-order valence-electron chi connectivity index (χ4n) is 7.26. The lowest BCUT2D eigenvalue weighted by molar-refractivity contribution is -0.175. The molecule has 5 heterocycles. The van der Waals surface area contributed by atoms with Gasteiger partial charge in [-0.15, -0.1) is 0 Å². The summed E-state index contributed by atoms with van der Waals surface area (Å²) >= 11 is 0. The molecule has 7 atom stereocenters. The van der Waals surface area contributed by atoms with Gasteiger partial charge in [-0.2, -0.15) is 0 Å². The predicted octanol–water partition coefficient (Wildman–Crippen LogP) is 3.29. The largest absolute Gasteiger partial charge is 0.368 e. The van der Waals surface area contributed by atoms with Gasteiger partial charge in [-0.1, -0.05) is 84.5 Å². The summed E-state index contributed by atoms with van der Waals surface area (Å²) in [5.41, 5.74) is -1.15. The minimum absolute atomic E-state index is 0.0643. The van der Waals surface area contributed by atoms with Crippen LogP contribution in [0, 0.1) is 6.92 Å². The standard InChI is InChI=1S/C31H38N3O6PSi/c1-4-31-20-37-26(29(38-31)33-18-21(2)28(35)32-30(33)36)27(31)40-41-34-17-11-16-24(34)25(39-41)19-42(3,22-12-7-5-8-13-22)23-14-9-6-10-15-23/h5-10,12-15,18,24-27,29H,4,11,16-17,19-20H2,1-3H3,(H,32,35,36)/t24-,25+,26?,27-,29-,31+,41+/m1/s1. The minimum Gasteiger partial charge on any atom is -0.368 e. The second kappa shape index (κ2) is 10.9. The van der Waals surface area contributed by atoms with Crippen molar-refractivity contribution in [2.75, 3.05) is 13.2 Å². The van der Waals surface area contributed by atoms with E-state index >= 15 is 0 Å². The molecule has 222 valence electrons. The first-order valence-electron chi connectivity index (χ1n) is 15.0. The average molecular weight is 608 g/mol. The van der Waals surface area contributed by atoms with E-state index in [-0.39, 0.29) is 12.2 Å². The molecule has 2 bridgehead atoms. The first-order valence-corrected chi connectivity index (χ1v) is 18.8. The smallest absolute Gasteiger partial charge is 0.330 e. The zero-order valence-electron chi connectivity index (χ0n) is 24.3. The lowest BCUT2D eigenvalue weighted by Crippen LogP contribution is -2.58. The molecule has 4 aliphatic heterocycles. The van der Waals surface area contributed by atoms with Gasteiger partial charge < -0.3 is 18.5 Å². The van der Waals surface area contributed by atoms with Crippen molar-refractivity contribution in [3.63, 3.8) is 0 Å². The van der Waals surface area contributed by atoms with Crippen molar-refractivity contribution >= 4 is 27.0 Å². The van der Waals surface area contributed by atoms with Crippen molar-refractivity contribution in [1.82, 2.24) is 14.2 Å². The average Bonchev–Trinajstić information content (AvgIpc) is 3.77. The molecule has 4 fully saturated rings. The molecule has 1 aromatic heterocycles. The van der Waals surface area contributed by atoms with Gasteiger partial charge in [0.25, 0.3) is 14.1 Å². The SMILES string of the molecule is CC[C@@]12COC([C@H](n3cc(C)c(=O)[nH]c3=O)O1)[C@H]2O[P@]1O[C@@H](C[Si](C)(c2ccccc2)c2ccccc2)[C@H]2CCCN21. The number of fused-ring (bicyclic) bond motifs is 3. The van der Waals surface area contributed by atoms with Crippen LogP contribution in [-0.2, 0) is 18.5 Å². The van der Waals surface area contributed by atoms with E-state index < -0.39 is 45.8 Å². The van der Waals surface area contributed by atoms with Crippen molar-refractivity contribution in [2.45, 2.75) is 81.9 Å². The normalized spacial score (nSPS) is 32.5. The summed E-state index contributed by atoms with van der Waals surface area (Å²) in [7, 11) is -3.46. The maximum Gasteiger partial charge on any atom is 0.330 e. The van der Waals surface area contributed by atoms with E-state index in [1.54, 1.807) is 13.1 Å². The highest BCUT2D eigenvalue weighted by molar-refractivity contribution is 7.45. The van der Waals surface area contributed by atoms with E-state index in [0.29, 0.717) is 24.6 Å². The van der Waals surface area contributed by atoms with E-state index in [2.05, 4.69) is 83.8 Å². The number of benzene rings is 2. The van der Waals surface area contributed by atoms with Crippen molar-refractivity contribution < 1.29 is 18.5 Å². The zero-order chi connectivity index (χ0) is 29.1. The second-order valence-corrected chi connectivity index (χ2v) is 17.9. The van der Waals surface area contributed by atoms with Crippen LogP contribution in [0.3, 0.4) is 0 Å². The van der Waals surface area contributed by atoms with Gasteiger partial charge >= 0.3 is 5.69 Å². The summed E-state index contributed by atoms with van der Waals surface area (Å²) in [4.78, 5) is 27.2. The lowest BCUT2D eigenvalue weighted by Gasteiger charge is -2.32. The molecule has 1 unspecified atom stereocenters. The number of rotatable bonds is 8. The van der Waals surface area contributed by atoms with Crippen LogP contribution in [0.5, 0.6) is 0 Å². The Morgan fingerprint density at radius 2 is 1.79 bits per heavy atom. The predicted molar refractivity (Wildman–Crippen MR) is 164 cm³/mol. The molecule has 11 heteroatoms. The van der Waals surface area contributed by atoms with Crippen LogP contribution in [0.2, 0.25) is 12.6 Å². The summed E-state index contributed by atoms with van der Waals surface area (Å²) in [6.07, 6.45) is 2.96. The Hall–Kier alpha value is -2.43. The summed E-state index contributed by atoms with van der Waals surface area (Å²) in [5, 5.41) is 2.82. The van der Waals surface area contributed by atoms with Crippen molar-refractivity contribution in [3.05, 3.63) is 93.3 Å². The van der Waals surface area contributed by atoms with Gasteiger partial charge in [0.15, 0.2) is 6.23 Å². The van der Waals surface area contributed by atoms with Crippen LogP contribution >= 0.6 is 8.53 Å². The van der Waals surface area contributed by atoms with Crippen LogP contribution in [0.1, 0.15) is 38.0 Å². The molecular formula is C31H38N3O6PSi. The Balaban J connectivity index is 1.16. The highest BCUT2D eigenvalue weighted by Crippen LogP contribution is 2.61. The Labute approximate surface area is 247 Å². The first-order chi connectivity index (χ1) is 20.3. The monoisotopic (exact) mass is 607 g/mol. The maximum atomic E-state index is 12.8. The Bertz CT molecular complexity index is 1510. The van der Waals surface area contributed by atoms with E-state index in [0.717, 1.165) is 25.4 Å². The van der Waals surface area contributed by atoms with Crippen LogP contribution in [0.15, 0.2) is 76.4 Å². The number of ether oxygens (including phenoxy) is 2. The molecule has 0 radical (unpaired) electrons. The third kappa shape index (κ3) is 4.59. The minimum atomic E-state index is -2.12. The number of nitrogens with zero attached hydrogens (tertiary/aromatic N) is 2. The topological polar surface area (TPSA) is 95.0 Å². The lowest BCUT2D eigenvalue weighted by atomic mass is 9.96. The molecule has 4 saturated heterocycles. The summed E-state index contributed by atoms with van der Waals surface area (Å²) in [6.45, 7) is 7.54. The Morgan fingerprint density at radius 3 is 2.45 bits per heavy atom. The molecule has 0 spiro atoms. The number of aromatic nitrogens is 2. The number of hydrogen-bond acceptors (Lipinski definition) is 7. The molecule has 2 aromatic carbocycles. The van der Waals surface area contributed by atoms with E-state index in [1.165, 1.54) is 14.9 Å². The third-order valence-electron chi connectivity index (χ3n) is 9.76. The van der Waals surface area contributed by atoms with E-state index in [9.17, 15) is 9.59 Å². The molecule has 3 aromatic rings. The van der Waals surface area contributed by atoms with Crippen LogP contribution < -0.4 is 21.6 Å².